The molecule has 1 aliphatic heterocycles. The third-order valence-corrected chi connectivity index (χ3v) is 2.83. The van der Waals surface area contributed by atoms with Gasteiger partial charge < -0.3 is 21.1 Å². The molecule has 1 atom stereocenters. The molecule has 1 heterocycles. The van der Waals surface area contributed by atoms with Crippen LogP contribution in [0.4, 0.5) is 20.6 Å². The normalized spacial score (nSPS) is 19.4. The van der Waals surface area contributed by atoms with Crippen molar-refractivity contribution in [3.8, 4) is 0 Å². The summed E-state index contributed by atoms with van der Waals surface area (Å²) in [5.74, 6) is -0.383. The van der Waals surface area contributed by atoms with Gasteiger partial charge in [-0.3, -0.25) is 0 Å². The molecular weight excluding hydrogens is 225 g/mol. The lowest BCUT2D eigenvalue weighted by molar-refractivity contribution is 0.155. The fourth-order valence-corrected chi connectivity index (χ4v) is 1.94. The molecule has 1 unspecified atom stereocenters. The van der Waals surface area contributed by atoms with E-state index >= 15 is 0 Å². The van der Waals surface area contributed by atoms with Crippen molar-refractivity contribution >= 4 is 17.5 Å². The maximum atomic E-state index is 12.8. The molecule has 0 bridgehead atoms. The van der Waals surface area contributed by atoms with Crippen molar-refractivity contribution in [3.05, 3.63) is 24.0 Å². The van der Waals surface area contributed by atoms with Crippen LogP contribution in [0.15, 0.2) is 18.2 Å². The number of rotatable bonds is 2. The van der Waals surface area contributed by atoms with Crippen LogP contribution in [-0.4, -0.2) is 35.2 Å². The van der Waals surface area contributed by atoms with Crippen LogP contribution in [0, 0.1) is 5.82 Å². The molecule has 1 aromatic rings. The van der Waals surface area contributed by atoms with Gasteiger partial charge in [-0.2, -0.15) is 0 Å². The van der Waals surface area contributed by atoms with Crippen LogP contribution in [-0.2, 0) is 0 Å². The maximum Gasteiger partial charge on any atom is 0.407 e. The minimum absolute atomic E-state index is 0.0267. The molecule has 0 aliphatic carbocycles. The molecule has 1 fully saturated rings. The van der Waals surface area contributed by atoms with Gasteiger partial charge in [0.2, 0.25) is 0 Å². The second-order valence-electron chi connectivity index (χ2n) is 4.09. The van der Waals surface area contributed by atoms with E-state index in [2.05, 4.69) is 5.32 Å². The number of anilines is 2. The van der Waals surface area contributed by atoms with E-state index in [1.807, 2.05) is 0 Å². The standard InChI is InChI=1S/C11H14FN3O2/c12-7-1-2-10(9(13)5-7)14-8-3-4-15(6-8)11(16)17/h1-2,5,8,14H,3-4,6,13H2,(H,16,17). The molecule has 0 aromatic heterocycles. The Morgan fingerprint density at radius 1 is 1.59 bits per heavy atom. The number of amides is 1. The van der Waals surface area contributed by atoms with Crippen molar-refractivity contribution in [2.75, 3.05) is 24.1 Å². The first-order valence-electron chi connectivity index (χ1n) is 5.35. The first-order chi connectivity index (χ1) is 8.06. The monoisotopic (exact) mass is 239 g/mol. The molecule has 1 aliphatic rings. The number of carboxylic acid groups (broad SMARTS) is 1. The van der Waals surface area contributed by atoms with E-state index < -0.39 is 6.09 Å². The van der Waals surface area contributed by atoms with Crippen molar-refractivity contribution < 1.29 is 14.3 Å². The van der Waals surface area contributed by atoms with Crippen molar-refractivity contribution in [1.82, 2.24) is 4.90 Å². The zero-order valence-corrected chi connectivity index (χ0v) is 9.19. The van der Waals surface area contributed by atoms with E-state index in [0.717, 1.165) is 6.42 Å². The average molecular weight is 239 g/mol. The minimum Gasteiger partial charge on any atom is -0.465 e. The van der Waals surface area contributed by atoms with Crippen molar-refractivity contribution in [3.63, 3.8) is 0 Å². The van der Waals surface area contributed by atoms with Crippen molar-refractivity contribution in [2.24, 2.45) is 0 Å². The summed E-state index contributed by atoms with van der Waals surface area (Å²) in [5.41, 5.74) is 6.64. The first kappa shape index (κ1) is 11.5. The zero-order valence-electron chi connectivity index (χ0n) is 9.19. The number of halogens is 1. The largest absolute Gasteiger partial charge is 0.465 e. The van der Waals surface area contributed by atoms with Crippen LogP contribution in [0.25, 0.3) is 0 Å². The lowest BCUT2D eigenvalue weighted by Gasteiger charge is -2.16. The number of likely N-dealkylation sites (tertiary alicyclic amines) is 1. The number of carbonyl (C=O) groups is 1. The van der Waals surface area contributed by atoms with Gasteiger partial charge in [0.25, 0.3) is 0 Å². The fraction of sp³-hybridized carbons (Fsp3) is 0.364. The van der Waals surface area contributed by atoms with E-state index in [0.29, 0.717) is 24.5 Å². The number of nitrogen functional groups attached to an aromatic ring is 1. The summed E-state index contributed by atoms with van der Waals surface area (Å²) < 4.78 is 12.8. The molecular formula is C11H14FN3O2. The number of hydrogen-bond acceptors (Lipinski definition) is 3. The highest BCUT2D eigenvalue weighted by atomic mass is 19.1. The molecule has 0 saturated carbocycles. The number of nitrogens with two attached hydrogens (primary N) is 1. The lowest BCUT2D eigenvalue weighted by Crippen LogP contribution is -2.30. The second kappa shape index (κ2) is 4.48. The summed E-state index contributed by atoms with van der Waals surface area (Å²) in [7, 11) is 0. The van der Waals surface area contributed by atoms with Crippen LogP contribution in [0.1, 0.15) is 6.42 Å². The third-order valence-electron chi connectivity index (χ3n) is 2.83. The molecule has 5 nitrogen and oxygen atoms in total. The predicted octanol–water partition coefficient (Wildman–Crippen LogP) is 1.57. The number of nitrogens with zero attached hydrogens (tertiary/aromatic N) is 1. The van der Waals surface area contributed by atoms with Crippen LogP contribution in [0.3, 0.4) is 0 Å². The van der Waals surface area contributed by atoms with Crippen LogP contribution >= 0.6 is 0 Å². The van der Waals surface area contributed by atoms with Crippen LogP contribution < -0.4 is 11.1 Å². The van der Waals surface area contributed by atoms with Gasteiger partial charge in [0, 0.05) is 19.1 Å². The molecule has 2 rings (SSSR count). The van der Waals surface area contributed by atoms with Gasteiger partial charge in [0.1, 0.15) is 5.82 Å². The molecule has 92 valence electrons. The number of hydrogen-bond donors (Lipinski definition) is 3. The zero-order chi connectivity index (χ0) is 12.4. The van der Waals surface area contributed by atoms with Gasteiger partial charge >= 0.3 is 6.09 Å². The van der Waals surface area contributed by atoms with Gasteiger partial charge in [-0.1, -0.05) is 0 Å². The smallest absolute Gasteiger partial charge is 0.407 e. The summed E-state index contributed by atoms with van der Waals surface area (Å²) in [6, 6.07) is 4.15. The van der Waals surface area contributed by atoms with E-state index in [9.17, 15) is 9.18 Å². The molecule has 17 heavy (non-hydrogen) atoms. The molecule has 1 amide bonds. The topological polar surface area (TPSA) is 78.6 Å². The quantitative estimate of drug-likeness (QED) is 0.684. The Morgan fingerprint density at radius 3 is 2.94 bits per heavy atom. The second-order valence-corrected chi connectivity index (χ2v) is 4.09. The maximum absolute atomic E-state index is 12.8. The van der Waals surface area contributed by atoms with Crippen LogP contribution in [0.5, 0.6) is 0 Å². The minimum atomic E-state index is -0.915. The Bertz CT molecular complexity index is 439. The van der Waals surface area contributed by atoms with Crippen molar-refractivity contribution in [1.29, 1.82) is 0 Å². The Balaban J connectivity index is 2.00. The van der Waals surface area contributed by atoms with Gasteiger partial charge in [-0.15, -0.1) is 0 Å². The van der Waals surface area contributed by atoms with Gasteiger partial charge in [0.15, 0.2) is 0 Å². The van der Waals surface area contributed by atoms with Gasteiger partial charge in [0.05, 0.1) is 11.4 Å². The Morgan fingerprint density at radius 2 is 2.35 bits per heavy atom. The summed E-state index contributed by atoms with van der Waals surface area (Å²) in [6.45, 7) is 0.931. The van der Waals surface area contributed by atoms with E-state index in [-0.39, 0.29) is 11.9 Å². The van der Waals surface area contributed by atoms with Crippen LogP contribution in [0.2, 0.25) is 0 Å². The van der Waals surface area contributed by atoms with E-state index in [4.69, 9.17) is 10.8 Å². The molecule has 6 heteroatoms. The highest BCUT2D eigenvalue weighted by Gasteiger charge is 2.25. The molecule has 4 N–H and O–H groups in total. The Labute approximate surface area is 98.0 Å². The summed E-state index contributed by atoms with van der Waals surface area (Å²) in [6.07, 6.45) is -0.190. The fourth-order valence-electron chi connectivity index (χ4n) is 1.94. The average Bonchev–Trinajstić information content (AvgIpc) is 2.71. The Hall–Kier alpha value is -1.98. The number of nitrogens with one attached hydrogen (secondary N) is 1. The Kier molecular flexibility index (Phi) is 3.03. The first-order valence-corrected chi connectivity index (χ1v) is 5.35. The molecule has 0 spiro atoms. The predicted molar refractivity (Wildman–Crippen MR) is 62.4 cm³/mol. The lowest BCUT2D eigenvalue weighted by atomic mass is 10.2. The summed E-state index contributed by atoms with van der Waals surface area (Å²) >= 11 is 0. The molecule has 1 aromatic carbocycles. The van der Waals surface area contributed by atoms with E-state index in [1.54, 1.807) is 6.07 Å². The summed E-state index contributed by atoms with van der Waals surface area (Å²) in [5, 5.41) is 11.9. The molecule has 0 radical (unpaired) electrons. The molecule has 1 saturated heterocycles. The van der Waals surface area contributed by atoms with Crippen molar-refractivity contribution in [2.45, 2.75) is 12.5 Å². The number of benzene rings is 1. The third kappa shape index (κ3) is 2.58. The SMILES string of the molecule is Nc1cc(F)ccc1NC1CCN(C(=O)O)C1. The highest BCUT2D eigenvalue weighted by Crippen LogP contribution is 2.22. The van der Waals surface area contributed by atoms with Gasteiger partial charge in [-0.05, 0) is 24.6 Å². The van der Waals surface area contributed by atoms with E-state index in [1.165, 1.54) is 17.0 Å². The summed E-state index contributed by atoms with van der Waals surface area (Å²) in [4.78, 5) is 12.1. The highest BCUT2D eigenvalue weighted by molar-refractivity contribution is 5.68. The van der Waals surface area contributed by atoms with Gasteiger partial charge in [-0.25, -0.2) is 9.18 Å².